The van der Waals surface area contributed by atoms with Crippen LogP contribution in [-0.2, 0) is 0 Å². The second-order valence-corrected chi connectivity index (χ2v) is 13.7. The fourth-order valence-electron chi connectivity index (χ4n) is 7.63. The third-order valence-corrected chi connectivity index (χ3v) is 10.2. The van der Waals surface area contributed by atoms with Crippen LogP contribution in [0.4, 0.5) is 17.1 Å². The summed E-state index contributed by atoms with van der Waals surface area (Å²) in [6, 6.07) is 73.9. The van der Waals surface area contributed by atoms with Crippen LogP contribution in [0.1, 0.15) is 0 Å². The Morgan fingerprint density at radius 1 is 0.339 bits per heavy atom. The van der Waals surface area contributed by atoms with Crippen LogP contribution in [0.2, 0.25) is 0 Å². The lowest BCUT2D eigenvalue weighted by Crippen LogP contribution is -2.11. The first-order valence-electron chi connectivity index (χ1n) is 18.8. The number of fused-ring (bicyclic) bond motifs is 3. The zero-order chi connectivity index (χ0) is 37.3. The fraction of sp³-hybridized carbons (Fsp3) is 0. The zero-order valence-electron chi connectivity index (χ0n) is 30.4. The average Bonchev–Trinajstić information content (AvgIpc) is 3.62. The number of hydrogen-bond donors (Lipinski definition) is 0. The molecule has 5 nitrogen and oxygen atoms in total. The molecule has 10 aromatic rings. The molecule has 0 unspecified atom stereocenters. The lowest BCUT2D eigenvalue weighted by Gasteiger charge is -2.27. The molecular weight excluding hydrogens is 683 g/mol. The first kappa shape index (κ1) is 33.0. The van der Waals surface area contributed by atoms with E-state index in [1.165, 1.54) is 5.56 Å². The summed E-state index contributed by atoms with van der Waals surface area (Å²) in [6.07, 6.45) is 0. The van der Waals surface area contributed by atoms with Crippen molar-refractivity contribution in [2.75, 3.05) is 4.90 Å². The average molecular weight is 718 g/mol. The van der Waals surface area contributed by atoms with E-state index < -0.39 is 0 Å². The lowest BCUT2D eigenvalue weighted by molar-refractivity contribution is 0.953. The van der Waals surface area contributed by atoms with Crippen molar-refractivity contribution < 1.29 is 0 Å². The van der Waals surface area contributed by atoms with E-state index in [9.17, 15) is 0 Å². The smallest absolute Gasteiger partial charge is 0.238 e. The Kier molecular flexibility index (Phi) is 8.43. The summed E-state index contributed by atoms with van der Waals surface area (Å²) < 4.78 is 2.17. The van der Waals surface area contributed by atoms with Crippen molar-refractivity contribution in [3.63, 3.8) is 0 Å². The van der Waals surface area contributed by atoms with Gasteiger partial charge in [0.05, 0.1) is 16.7 Å². The van der Waals surface area contributed by atoms with Gasteiger partial charge < -0.3 is 4.90 Å². The Morgan fingerprint density at radius 2 is 0.875 bits per heavy atom. The van der Waals surface area contributed by atoms with Crippen LogP contribution < -0.4 is 4.90 Å². The van der Waals surface area contributed by atoms with Crippen molar-refractivity contribution in [3.05, 3.63) is 212 Å². The first-order valence-corrected chi connectivity index (χ1v) is 18.8. The van der Waals surface area contributed by atoms with Gasteiger partial charge >= 0.3 is 0 Å². The molecule has 8 aromatic carbocycles. The summed E-state index contributed by atoms with van der Waals surface area (Å²) in [7, 11) is 0. The molecule has 0 bridgehead atoms. The molecule has 2 aromatic heterocycles. The molecule has 0 N–H and O–H groups in total. The highest BCUT2D eigenvalue weighted by Crippen LogP contribution is 2.41. The number of para-hydroxylation sites is 4. The van der Waals surface area contributed by atoms with Crippen molar-refractivity contribution in [1.82, 2.24) is 19.5 Å². The third-order valence-electron chi connectivity index (χ3n) is 10.2. The SMILES string of the molecule is c1ccc(-c2ccc3c(c2)c2ccccc2n3-c2nc(-c3ccccc3)nc(-c3cccc(-c4ccccc4N(c4ccccc4)c4ccccc4)c3)n2)cc1. The summed E-state index contributed by atoms with van der Waals surface area (Å²) in [4.78, 5) is 17.9. The number of rotatable bonds is 8. The maximum absolute atomic E-state index is 5.27. The minimum Gasteiger partial charge on any atom is -0.310 e. The largest absolute Gasteiger partial charge is 0.310 e. The molecule has 2 heterocycles. The first-order chi connectivity index (χ1) is 27.8. The molecule has 0 atom stereocenters. The number of nitrogens with zero attached hydrogens (tertiary/aromatic N) is 5. The molecule has 0 amide bonds. The standard InChI is InChI=1S/C51H35N5/c1-5-18-36(19-6-1)38-32-33-48-45(35-38)44-29-14-16-31-47(44)56(48)51-53-49(37-20-7-2-8-21-37)52-50(54-51)40-23-17-22-39(34-40)43-28-13-15-30-46(43)55(41-24-9-3-10-25-41)42-26-11-4-12-27-42/h1-35H. The number of aromatic nitrogens is 4. The highest BCUT2D eigenvalue weighted by Gasteiger charge is 2.20. The molecule has 56 heavy (non-hydrogen) atoms. The second kappa shape index (κ2) is 14.3. The van der Waals surface area contributed by atoms with Crippen molar-refractivity contribution in [3.8, 4) is 51.0 Å². The summed E-state index contributed by atoms with van der Waals surface area (Å²) >= 11 is 0. The van der Waals surface area contributed by atoms with Crippen LogP contribution in [0.3, 0.4) is 0 Å². The maximum atomic E-state index is 5.27. The zero-order valence-corrected chi connectivity index (χ0v) is 30.4. The highest BCUT2D eigenvalue weighted by molar-refractivity contribution is 6.10. The lowest BCUT2D eigenvalue weighted by atomic mass is 9.99. The Balaban J connectivity index is 1.15. The molecule has 5 heteroatoms. The normalized spacial score (nSPS) is 11.2. The number of hydrogen-bond acceptors (Lipinski definition) is 4. The molecule has 0 spiro atoms. The predicted molar refractivity (Wildman–Crippen MR) is 231 cm³/mol. The van der Waals surface area contributed by atoms with Gasteiger partial charge in [-0.1, -0.05) is 158 Å². The van der Waals surface area contributed by atoms with Crippen LogP contribution in [0.25, 0.3) is 72.8 Å². The monoisotopic (exact) mass is 717 g/mol. The van der Waals surface area contributed by atoms with Gasteiger partial charge in [-0.25, -0.2) is 4.98 Å². The van der Waals surface area contributed by atoms with Crippen molar-refractivity contribution in [1.29, 1.82) is 0 Å². The topological polar surface area (TPSA) is 46.8 Å². The van der Waals surface area contributed by atoms with Gasteiger partial charge in [0, 0.05) is 38.8 Å². The summed E-state index contributed by atoms with van der Waals surface area (Å²) in [5.74, 6) is 1.78. The van der Waals surface area contributed by atoms with Crippen LogP contribution in [0.15, 0.2) is 212 Å². The van der Waals surface area contributed by atoms with Gasteiger partial charge in [0.15, 0.2) is 11.6 Å². The molecule has 0 saturated heterocycles. The molecule has 0 fully saturated rings. The minimum absolute atomic E-state index is 0.567. The summed E-state index contributed by atoms with van der Waals surface area (Å²) in [6.45, 7) is 0. The van der Waals surface area contributed by atoms with E-state index in [4.69, 9.17) is 15.0 Å². The van der Waals surface area contributed by atoms with Gasteiger partial charge in [0.1, 0.15) is 0 Å². The Morgan fingerprint density at radius 3 is 1.59 bits per heavy atom. The molecule has 10 rings (SSSR count). The van der Waals surface area contributed by atoms with Gasteiger partial charge in [0.2, 0.25) is 5.95 Å². The molecule has 0 radical (unpaired) electrons. The van der Waals surface area contributed by atoms with E-state index in [0.29, 0.717) is 17.6 Å². The summed E-state index contributed by atoms with van der Waals surface area (Å²) in [5, 5.41) is 2.29. The van der Waals surface area contributed by atoms with Gasteiger partial charge in [-0.2, -0.15) is 9.97 Å². The van der Waals surface area contributed by atoms with E-state index in [2.05, 4.69) is 204 Å². The number of anilines is 3. The van der Waals surface area contributed by atoms with Crippen LogP contribution in [0, 0.1) is 0 Å². The van der Waals surface area contributed by atoms with E-state index in [-0.39, 0.29) is 0 Å². The van der Waals surface area contributed by atoms with Crippen molar-refractivity contribution in [2.24, 2.45) is 0 Å². The molecule has 264 valence electrons. The van der Waals surface area contributed by atoms with Gasteiger partial charge in [0.25, 0.3) is 0 Å². The van der Waals surface area contributed by atoms with Crippen molar-refractivity contribution in [2.45, 2.75) is 0 Å². The molecule has 0 saturated carbocycles. The van der Waals surface area contributed by atoms with E-state index in [1.54, 1.807) is 0 Å². The van der Waals surface area contributed by atoms with E-state index >= 15 is 0 Å². The van der Waals surface area contributed by atoms with Crippen LogP contribution in [-0.4, -0.2) is 19.5 Å². The van der Waals surface area contributed by atoms with Crippen LogP contribution in [0.5, 0.6) is 0 Å². The minimum atomic E-state index is 0.567. The third kappa shape index (κ3) is 6.07. The molecule has 0 aliphatic heterocycles. The molecule has 0 aliphatic carbocycles. The summed E-state index contributed by atoms with van der Waals surface area (Å²) in [5.41, 5.74) is 11.6. The number of benzene rings is 8. The highest BCUT2D eigenvalue weighted by atomic mass is 15.2. The quantitative estimate of drug-likeness (QED) is 0.157. The predicted octanol–water partition coefficient (Wildman–Crippen LogP) is 13.1. The maximum Gasteiger partial charge on any atom is 0.238 e. The Labute approximate surface area is 325 Å². The molecule has 0 aliphatic rings. The van der Waals surface area contributed by atoms with Gasteiger partial charge in [-0.3, -0.25) is 4.57 Å². The van der Waals surface area contributed by atoms with Gasteiger partial charge in [-0.05, 0) is 71.3 Å². The van der Waals surface area contributed by atoms with Crippen LogP contribution >= 0.6 is 0 Å². The van der Waals surface area contributed by atoms with E-state index in [0.717, 1.165) is 66.7 Å². The molecular formula is C51H35N5. The Hall–Kier alpha value is -7.63. The Bertz CT molecular complexity index is 2920. The second-order valence-electron chi connectivity index (χ2n) is 13.7. The fourth-order valence-corrected chi connectivity index (χ4v) is 7.63. The van der Waals surface area contributed by atoms with Crippen molar-refractivity contribution >= 4 is 38.9 Å². The van der Waals surface area contributed by atoms with E-state index in [1.807, 2.05) is 18.2 Å². The van der Waals surface area contributed by atoms with Gasteiger partial charge in [-0.15, -0.1) is 0 Å².